The Hall–Kier alpha value is -1.94. The predicted octanol–water partition coefficient (Wildman–Crippen LogP) is 4.04. The highest BCUT2D eigenvalue weighted by Gasteiger charge is 2.08. The van der Waals surface area contributed by atoms with Gasteiger partial charge in [-0.3, -0.25) is 0 Å². The van der Waals surface area contributed by atoms with Gasteiger partial charge in [-0.25, -0.2) is 8.78 Å². The second-order valence-corrected chi connectivity index (χ2v) is 4.26. The lowest BCUT2D eigenvalue weighted by molar-refractivity contribution is 0.435. The van der Waals surface area contributed by atoms with Crippen LogP contribution < -0.4 is 10.1 Å². The van der Waals surface area contributed by atoms with Crippen molar-refractivity contribution in [2.45, 2.75) is 13.0 Å². The van der Waals surface area contributed by atoms with Gasteiger partial charge in [0.1, 0.15) is 11.6 Å². The molecule has 4 heteroatoms. The summed E-state index contributed by atoms with van der Waals surface area (Å²) in [6.07, 6.45) is 0. The normalized spacial score (nSPS) is 12.2. The average molecular weight is 263 g/mol. The molecule has 1 atom stereocenters. The Morgan fingerprint density at radius 2 is 1.89 bits per heavy atom. The number of rotatable bonds is 4. The number of benzene rings is 2. The highest BCUT2D eigenvalue weighted by atomic mass is 19.1. The van der Waals surface area contributed by atoms with E-state index in [1.165, 1.54) is 0 Å². The molecule has 0 saturated heterocycles. The van der Waals surface area contributed by atoms with Crippen LogP contribution in [0, 0.1) is 11.6 Å². The number of ether oxygens (including phenoxy) is 1. The molecule has 0 aromatic heterocycles. The first-order valence-electron chi connectivity index (χ1n) is 6.00. The zero-order valence-electron chi connectivity index (χ0n) is 10.8. The Bertz CT molecular complexity index is 572. The minimum absolute atomic E-state index is 0.116. The number of nitrogens with one attached hydrogen (secondary N) is 1. The van der Waals surface area contributed by atoms with Gasteiger partial charge < -0.3 is 10.1 Å². The molecule has 0 spiro atoms. The van der Waals surface area contributed by atoms with E-state index in [2.05, 4.69) is 5.32 Å². The number of hydrogen-bond donors (Lipinski definition) is 1. The third kappa shape index (κ3) is 3.29. The second kappa shape index (κ2) is 5.80. The summed E-state index contributed by atoms with van der Waals surface area (Å²) in [5, 5.41) is 3.10. The summed E-state index contributed by atoms with van der Waals surface area (Å²) in [7, 11) is 1.85. The van der Waals surface area contributed by atoms with E-state index in [-0.39, 0.29) is 11.8 Å². The quantitative estimate of drug-likeness (QED) is 0.899. The SMILES string of the molecule is CNC(C)c1cccc(Oc2cc(F)ccc2F)c1. The highest BCUT2D eigenvalue weighted by molar-refractivity contribution is 5.35. The molecule has 2 aromatic carbocycles. The van der Waals surface area contributed by atoms with Crippen LogP contribution in [0.2, 0.25) is 0 Å². The Morgan fingerprint density at radius 3 is 2.63 bits per heavy atom. The molecule has 0 fully saturated rings. The van der Waals surface area contributed by atoms with E-state index >= 15 is 0 Å². The van der Waals surface area contributed by atoms with Gasteiger partial charge in [0.05, 0.1) is 0 Å². The van der Waals surface area contributed by atoms with Gasteiger partial charge in [0.2, 0.25) is 0 Å². The Morgan fingerprint density at radius 1 is 1.11 bits per heavy atom. The second-order valence-electron chi connectivity index (χ2n) is 4.26. The summed E-state index contributed by atoms with van der Waals surface area (Å²) < 4.78 is 31.9. The number of hydrogen-bond acceptors (Lipinski definition) is 2. The molecule has 0 aliphatic carbocycles. The number of halogens is 2. The molecule has 0 saturated carbocycles. The summed E-state index contributed by atoms with van der Waals surface area (Å²) in [4.78, 5) is 0. The van der Waals surface area contributed by atoms with E-state index in [0.717, 1.165) is 23.8 Å². The fourth-order valence-electron chi connectivity index (χ4n) is 1.70. The van der Waals surface area contributed by atoms with Crippen molar-refractivity contribution in [1.29, 1.82) is 0 Å². The maximum Gasteiger partial charge on any atom is 0.165 e. The molecule has 0 aliphatic rings. The molecule has 1 unspecified atom stereocenters. The van der Waals surface area contributed by atoms with E-state index in [4.69, 9.17) is 4.74 Å². The standard InChI is InChI=1S/C15H15F2NO/c1-10(18-2)11-4-3-5-13(8-11)19-15-9-12(16)6-7-14(15)17/h3-10,18H,1-2H3. The third-order valence-electron chi connectivity index (χ3n) is 2.91. The van der Waals surface area contributed by atoms with Crippen molar-refractivity contribution in [3.8, 4) is 11.5 Å². The van der Waals surface area contributed by atoms with Crippen LogP contribution in [0.3, 0.4) is 0 Å². The van der Waals surface area contributed by atoms with Crippen LogP contribution in [0.5, 0.6) is 11.5 Å². The Kier molecular flexibility index (Phi) is 4.12. The minimum Gasteiger partial charge on any atom is -0.454 e. The van der Waals surface area contributed by atoms with Crippen molar-refractivity contribution in [3.05, 3.63) is 59.7 Å². The molecule has 2 nitrogen and oxygen atoms in total. The maximum atomic E-state index is 13.5. The van der Waals surface area contributed by atoms with E-state index in [1.807, 2.05) is 26.1 Å². The minimum atomic E-state index is -0.589. The van der Waals surface area contributed by atoms with Gasteiger partial charge in [-0.2, -0.15) is 0 Å². The lowest BCUT2D eigenvalue weighted by atomic mass is 10.1. The van der Waals surface area contributed by atoms with Crippen LogP contribution in [0.4, 0.5) is 8.78 Å². The molecule has 2 aromatic rings. The van der Waals surface area contributed by atoms with Crippen molar-refractivity contribution in [2.24, 2.45) is 0 Å². The van der Waals surface area contributed by atoms with Crippen LogP contribution in [-0.2, 0) is 0 Å². The first kappa shape index (κ1) is 13.5. The van der Waals surface area contributed by atoms with Crippen molar-refractivity contribution < 1.29 is 13.5 Å². The predicted molar refractivity (Wildman–Crippen MR) is 70.3 cm³/mol. The third-order valence-corrected chi connectivity index (χ3v) is 2.91. The monoisotopic (exact) mass is 263 g/mol. The van der Waals surface area contributed by atoms with Crippen molar-refractivity contribution in [2.75, 3.05) is 7.05 Å². The Balaban J connectivity index is 2.26. The zero-order chi connectivity index (χ0) is 13.8. The molecule has 2 rings (SSSR count). The molecular formula is C15H15F2NO. The van der Waals surface area contributed by atoms with Gasteiger partial charge in [-0.15, -0.1) is 0 Å². The van der Waals surface area contributed by atoms with Gasteiger partial charge in [-0.1, -0.05) is 12.1 Å². The van der Waals surface area contributed by atoms with Gasteiger partial charge in [0.25, 0.3) is 0 Å². The zero-order valence-corrected chi connectivity index (χ0v) is 10.8. The topological polar surface area (TPSA) is 21.3 Å². The molecule has 0 amide bonds. The molecule has 0 radical (unpaired) electrons. The molecule has 0 aliphatic heterocycles. The van der Waals surface area contributed by atoms with Crippen molar-refractivity contribution in [1.82, 2.24) is 5.32 Å². The lowest BCUT2D eigenvalue weighted by Crippen LogP contribution is -2.12. The molecular weight excluding hydrogens is 248 g/mol. The summed E-state index contributed by atoms with van der Waals surface area (Å²) in [6.45, 7) is 2.00. The summed E-state index contributed by atoms with van der Waals surface area (Å²) in [5.74, 6) is -0.761. The Labute approximate surface area is 111 Å². The highest BCUT2D eigenvalue weighted by Crippen LogP contribution is 2.27. The fourth-order valence-corrected chi connectivity index (χ4v) is 1.70. The van der Waals surface area contributed by atoms with Gasteiger partial charge in [0.15, 0.2) is 11.6 Å². The van der Waals surface area contributed by atoms with Crippen LogP contribution in [0.25, 0.3) is 0 Å². The first-order valence-corrected chi connectivity index (χ1v) is 6.00. The molecule has 0 bridgehead atoms. The fraction of sp³-hybridized carbons (Fsp3) is 0.200. The van der Waals surface area contributed by atoms with Crippen molar-refractivity contribution in [3.63, 3.8) is 0 Å². The first-order chi connectivity index (χ1) is 9.10. The van der Waals surface area contributed by atoms with Gasteiger partial charge in [-0.05, 0) is 43.8 Å². The summed E-state index contributed by atoms with van der Waals surface area (Å²) >= 11 is 0. The molecule has 19 heavy (non-hydrogen) atoms. The van der Waals surface area contributed by atoms with E-state index < -0.39 is 11.6 Å². The van der Waals surface area contributed by atoms with Crippen LogP contribution >= 0.6 is 0 Å². The van der Waals surface area contributed by atoms with Gasteiger partial charge in [0, 0.05) is 12.1 Å². The van der Waals surface area contributed by atoms with Crippen LogP contribution in [0.15, 0.2) is 42.5 Å². The molecule has 1 N–H and O–H groups in total. The van der Waals surface area contributed by atoms with Gasteiger partial charge >= 0.3 is 0 Å². The smallest absolute Gasteiger partial charge is 0.165 e. The van der Waals surface area contributed by atoms with E-state index in [0.29, 0.717) is 5.75 Å². The van der Waals surface area contributed by atoms with E-state index in [9.17, 15) is 8.78 Å². The van der Waals surface area contributed by atoms with E-state index in [1.54, 1.807) is 12.1 Å². The van der Waals surface area contributed by atoms with Crippen LogP contribution in [-0.4, -0.2) is 7.05 Å². The average Bonchev–Trinajstić information content (AvgIpc) is 2.42. The largest absolute Gasteiger partial charge is 0.454 e. The summed E-state index contributed by atoms with van der Waals surface area (Å²) in [6, 6.07) is 10.5. The summed E-state index contributed by atoms with van der Waals surface area (Å²) in [5.41, 5.74) is 1.01. The lowest BCUT2D eigenvalue weighted by Gasteiger charge is -2.13. The van der Waals surface area contributed by atoms with Crippen LogP contribution in [0.1, 0.15) is 18.5 Å². The molecule has 0 heterocycles. The van der Waals surface area contributed by atoms with Crippen molar-refractivity contribution >= 4 is 0 Å². The maximum absolute atomic E-state index is 13.5. The molecule has 100 valence electrons.